The highest BCUT2D eigenvalue weighted by Crippen LogP contribution is 2.34. The molecular formula is C37H49N5O3. The van der Waals surface area contributed by atoms with E-state index in [1.54, 1.807) is 0 Å². The first-order valence-electron chi connectivity index (χ1n) is 16.7. The van der Waals surface area contributed by atoms with Crippen LogP contribution < -0.4 is 5.32 Å². The molecule has 4 atom stereocenters. The number of amides is 3. The monoisotopic (exact) mass is 611 g/mol. The highest BCUT2D eigenvalue weighted by molar-refractivity contribution is 5.93. The van der Waals surface area contributed by atoms with Crippen LogP contribution in [-0.4, -0.2) is 57.1 Å². The van der Waals surface area contributed by atoms with E-state index in [9.17, 15) is 14.4 Å². The number of carbonyl (C=O) groups excluding carboxylic acids is 3. The van der Waals surface area contributed by atoms with E-state index in [1.807, 2.05) is 54.1 Å². The Labute approximate surface area is 268 Å². The average Bonchev–Trinajstić information content (AvgIpc) is 3.74. The fraction of sp³-hybridized carbons (Fsp3) is 0.514. The maximum atomic E-state index is 13.1. The fourth-order valence-corrected chi connectivity index (χ4v) is 6.31. The third-order valence-electron chi connectivity index (χ3n) is 10.0. The van der Waals surface area contributed by atoms with Gasteiger partial charge in [-0.15, -0.1) is 0 Å². The van der Waals surface area contributed by atoms with Crippen molar-refractivity contribution in [3.05, 3.63) is 60.6 Å². The maximum absolute atomic E-state index is 13.1. The lowest BCUT2D eigenvalue weighted by molar-refractivity contribution is -0.139. The molecule has 3 heterocycles. The number of hydrogen-bond acceptors (Lipinski definition) is 4. The second-order valence-corrected chi connectivity index (χ2v) is 13.7. The van der Waals surface area contributed by atoms with Crippen molar-refractivity contribution < 1.29 is 14.4 Å². The molecule has 0 saturated carbocycles. The molecule has 0 aliphatic carbocycles. The summed E-state index contributed by atoms with van der Waals surface area (Å²) in [4.78, 5) is 51.1. The van der Waals surface area contributed by atoms with Crippen LogP contribution in [0.15, 0.2) is 54.7 Å². The normalized spacial score (nSPS) is 20.0. The van der Waals surface area contributed by atoms with Gasteiger partial charge in [0, 0.05) is 37.2 Å². The highest BCUT2D eigenvalue weighted by Gasteiger charge is 2.35. The Morgan fingerprint density at radius 1 is 0.778 bits per heavy atom. The molecule has 1 aromatic heterocycles. The molecule has 2 aromatic carbocycles. The highest BCUT2D eigenvalue weighted by atomic mass is 16.2. The molecule has 240 valence electrons. The third kappa shape index (κ3) is 7.32. The van der Waals surface area contributed by atoms with E-state index < -0.39 is 0 Å². The molecule has 8 heteroatoms. The third-order valence-corrected chi connectivity index (χ3v) is 10.0. The molecule has 0 radical (unpaired) electrons. The van der Waals surface area contributed by atoms with Crippen molar-refractivity contribution in [3.63, 3.8) is 0 Å². The Bertz CT molecular complexity index is 1480. The zero-order valence-corrected chi connectivity index (χ0v) is 27.7. The lowest BCUT2D eigenvalue weighted by Gasteiger charge is -2.34. The predicted molar refractivity (Wildman–Crippen MR) is 179 cm³/mol. The van der Waals surface area contributed by atoms with Crippen LogP contribution in [0.1, 0.15) is 79.1 Å². The van der Waals surface area contributed by atoms with Gasteiger partial charge in [-0.2, -0.15) is 0 Å². The summed E-state index contributed by atoms with van der Waals surface area (Å²) < 4.78 is 0. The zero-order valence-electron chi connectivity index (χ0n) is 27.7. The molecular weight excluding hydrogens is 562 g/mol. The van der Waals surface area contributed by atoms with Crippen LogP contribution in [0.5, 0.6) is 0 Å². The van der Waals surface area contributed by atoms with Crippen LogP contribution >= 0.6 is 0 Å². The minimum atomic E-state index is -0.196. The van der Waals surface area contributed by atoms with Crippen molar-refractivity contribution in [2.45, 2.75) is 73.3 Å². The number of nitrogens with zero attached hydrogens (tertiary/aromatic N) is 3. The lowest BCUT2D eigenvalue weighted by Crippen LogP contribution is -2.46. The van der Waals surface area contributed by atoms with Crippen LogP contribution in [0.3, 0.4) is 0 Å². The maximum Gasteiger partial charge on any atom is 0.229 e. The zero-order chi connectivity index (χ0) is 32.2. The minimum absolute atomic E-state index is 0.00107. The van der Waals surface area contributed by atoms with Gasteiger partial charge in [0.15, 0.2) is 0 Å². The van der Waals surface area contributed by atoms with E-state index in [0.29, 0.717) is 12.5 Å². The summed E-state index contributed by atoms with van der Waals surface area (Å²) >= 11 is 0. The number of rotatable bonds is 9. The Kier molecular flexibility index (Phi) is 10.1. The van der Waals surface area contributed by atoms with E-state index in [4.69, 9.17) is 0 Å². The Hall–Kier alpha value is -3.94. The quantitative estimate of drug-likeness (QED) is 0.268. The molecule has 2 N–H and O–H groups in total. The summed E-state index contributed by atoms with van der Waals surface area (Å²) in [6.07, 6.45) is 5.42. The lowest BCUT2D eigenvalue weighted by atomic mass is 9.92. The molecule has 0 bridgehead atoms. The fourth-order valence-electron chi connectivity index (χ4n) is 6.31. The van der Waals surface area contributed by atoms with Gasteiger partial charge in [0.25, 0.3) is 0 Å². The smallest absolute Gasteiger partial charge is 0.229 e. The van der Waals surface area contributed by atoms with Gasteiger partial charge < -0.3 is 20.1 Å². The molecule has 3 aromatic rings. The SMILES string of the molecule is CC(C)[C@H](C)C(=O)N1CCC[C@H](C(=O)Nc2ccc(-c3ccc(-c4cnc([C@@H]5CCCN5C(=O)[C@@H](C)C(C)C)[nH]4)cc3)cc2)C1. The minimum Gasteiger partial charge on any atom is -0.342 e. The number of likely N-dealkylation sites (tertiary alicyclic amines) is 2. The predicted octanol–water partition coefficient (Wildman–Crippen LogP) is 7.17. The van der Waals surface area contributed by atoms with Gasteiger partial charge in [0.05, 0.1) is 23.9 Å². The van der Waals surface area contributed by atoms with Crippen LogP contribution in [0.4, 0.5) is 5.69 Å². The van der Waals surface area contributed by atoms with Gasteiger partial charge in [0.1, 0.15) is 5.82 Å². The van der Waals surface area contributed by atoms with Crippen LogP contribution in [-0.2, 0) is 14.4 Å². The van der Waals surface area contributed by atoms with Crippen molar-refractivity contribution >= 4 is 23.4 Å². The van der Waals surface area contributed by atoms with Crippen LogP contribution in [0.2, 0.25) is 0 Å². The molecule has 0 unspecified atom stereocenters. The largest absolute Gasteiger partial charge is 0.342 e. The summed E-state index contributed by atoms with van der Waals surface area (Å²) in [5.74, 6) is 1.54. The molecule has 0 spiro atoms. The Balaban J connectivity index is 1.19. The first-order valence-corrected chi connectivity index (χ1v) is 16.7. The molecule has 45 heavy (non-hydrogen) atoms. The number of carbonyl (C=O) groups is 3. The number of H-pyrrole nitrogens is 1. The summed E-state index contributed by atoms with van der Waals surface area (Å²) in [7, 11) is 0. The molecule has 8 nitrogen and oxygen atoms in total. The van der Waals surface area contributed by atoms with Crippen LogP contribution in [0.25, 0.3) is 22.4 Å². The van der Waals surface area contributed by atoms with Gasteiger partial charge in [-0.25, -0.2) is 4.98 Å². The molecule has 2 aliphatic heterocycles. The van der Waals surface area contributed by atoms with Crippen molar-refractivity contribution in [2.75, 3.05) is 25.0 Å². The first-order chi connectivity index (χ1) is 21.5. The number of hydrogen-bond donors (Lipinski definition) is 2. The van der Waals surface area contributed by atoms with E-state index in [1.165, 1.54) is 0 Å². The molecule has 5 rings (SSSR count). The van der Waals surface area contributed by atoms with Crippen molar-refractivity contribution in [1.82, 2.24) is 19.8 Å². The molecule has 3 amide bonds. The Morgan fingerprint density at radius 2 is 1.36 bits per heavy atom. The number of nitrogens with one attached hydrogen (secondary N) is 2. The Morgan fingerprint density at radius 3 is 2.00 bits per heavy atom. The number of aromatic nitrogens is 2. The van der Waals surface area contributed by atoms with Gasteiger partial charge >= 0.3 is 0 Å². The summed E-state index contributed by atoms with van der Waals surface area (Å²) in [6.45, 7) is 14.3. The van der Waals surface area contributed by atoms with E-state index in [0.717, 1.165) is 72.7 Å². The van der Waals surface area contributed by atoms with Gasteiger partial charge in [-0.05, 0) is 66.3 Å². The van der Waals surface area contributed by atoms with Crippen molar-refractivity contribution in [2.24, 2.45) is 29.6 Å². The number of imidazole rings is 1. The van der Waals surface area contributed by atoms with E-state index >= 15 is 0 Å². The van der Waals surface area contributed by atoms with Crippen LogP contribution in [0, 0.1) is 29.6 Å². The van der Waals surface area contributed by atoms with Gasteiger partial charge in [-0.3, -0.25) is 14.4 Å². The number of piperidine rings is 1. The second kappa shape index (κ2) is 14.0. The summed E-state index contributed by atoms with van der Waals surface area (Å²) in [5.41, 5.74) is 4.86. The first kappa shape index (κ1) is 32.5. The topological polar surface area (TPSA) is 98.4 Å². The van der Waals surface area contributed by atoms with E-state index in [2.05, 4.69) is 67.2 Å². The van der Waals surface area contributed by atoms with Crippen molar-refractivity contribution in [1.29, 1.82) is 0 Å². The number of anilines is 1. The van der Waals surface area contributed by atoms with Gasteiger partial charge in [-0.1, -0.05) is 77.9 Å². The van der Waals surface area contributed by atoms with Gasteiger partial charge in [0.2, 0.25) is 17.7 Å². The van der Waals surface area contributed by atoms with Crippen molar-refractivity contribution in [3.8, 4) is 22.4 Å². The summed E-state index contributed by atoms with van der Waals surface area (Å²) in [6, 6.07) is 16.2. The number of benzene rings is 2. The second-order valence-electron chi connectivity index (χ2n) is 13.7. The molecule has 2 saturated heterocycles. The summed E-state index contributed by atoms with van der Waals surface area (Å²) in [5, 5.41) is 3.07. The number of aromatic amines is 1. The average molecular weight is 612 g/mol. The van der Waals surface area contributed by atoms with E-state index in [-0.39, 0.29) is 47.4 Å². The standard InChI is InChI=1S/C37H49N5O3/c1-23(2)25(5)36(44)41-19-7-9-30(22-41)35(43)39-31-17-15-28(16-18-31)27-11-13-29(14-12-27)32-21-38-34(40-32)33-10-8-20-42(33)37(45)26(6)24(3)4/h11-18,21,23-26,30,33H,7-10,19-20,22H2,1-6H3,(H,38,40)(H,39,43)/t25-,26-,30-,33-/m0/s1. The molecule has 2 fully saturated rings. The molecule has 2 aliphatic rings.